The Hall–Kier alpha value is -1.36. The number of aromatic nitrogens is 2. The molecule has 0 radical (unpaired) electrons. The average Bonchev–Trinajstić information content (AvgIpc) is 2.89. The summed E-state index contributed by atoms with van der Waals surface area (Å²) in [5, 5.41) is 3.17. The van der Waals surface area contributed by atoms with Gasteiger partial charge in [0, 0.05) is 17.9 Å². The van der Waals surface area contributed by atoms with Crippen molar-refractivity contribution in [1.82, 2.24) is 14.7 Å². The van der Waals surface area contributed by atoms with Crippen LogP contribution in [0.2, 0.25) is 0 Å². The molecule has 0 spiro atoms. The summed E-state index contributed by atoms with van der Waals surface area (Å²) in [5.41, 5.74) is 1.99. The molecule has 0 saturated heterocycles. The van der Waals surface area contributed by atoms with Gasteiger partial charge in [-0.1, -0.05) is 30.6 Å². The second-order valence-corrected chi connectivity index (χ2v) is 6.34. The number of nitrogens with zero attached hydrogens (tertiary/aromatic N) is 2. The summed E-state index contributed by atoms with van der Waals surface area (Å²) < 4.78 is 2.01. The molecule has 0 bridgehead atoms. The van der Waals surface area contributed by atoms with Gasteiger partial charge in [-0.3, -0.25) is 9.20 Å². The van der Waals surface area contributed by atoms with Crippen molar-refractivity contribution in [2.24, 2.45) is 0 Å². The van der Waals surface area contributed by atoms with E-state index in [0.29, 0.717) is 6.04 Å². The minimum absolute atomic E-state index is 0.0672. The summed E-state index contributed by atoms with van der Waals surface area (Å²) in [6, 6.07) is 0.358. The minimum Gasteiger partial charge on any atom is -0.349 e. The molecule has 0 unspecified atom stereocenters. The molecule has 2 aromatic rings. The molecule has 1 fully saturated rings. The lowest BCUT2D eigenvalue weighted by molar-refractivity contribution is 0.0931. The Bertz CT molecular complexity index is 608. The predicted octanol–water partition coefficient (Wildman–Crippen LogP) is 3.08. The lowest BCUT2D eigenvalue weighted by atomic mass is 9.95. The van der Waals surface area contributed by atoms with E-state index in [2.05, 4.69) is 10.3 Å². The van der Waals surface area contributed by atoms with Crippen LogP contribution in [-0.4, -0.2) is 21.3 Å². The van der Waals surface area contributed by atoms with Crippen molar-refractivity contribution >= 4 is 22.2 Å². The zero-order valence-electron chi connectivity index (χ0n) is 11.4. The van der Waals surface area contributed by atoms with Crippen LogP contribution >= 0.6 is 11.3 Å². The molecule has 0 aliphatic heterocycles. The van der Waals surface area contributed by atoms with Crippen LogP contribution in [0.4, 0.5) is 0 Å². The molecule has 1 aliphatic carbocycles. The van der Waals surface area contributed by atoms with Crippen LogP contribution in [0, 0.1) is 13.8 Å². The summed E-state index contributed by atoms with van der Waals surface area (Å²) in [6.45, 7) is 3.96. The SMILES string of the molecule is Cc1cn2c(C)c(C(=O)NC3CCCCC3)sc2n1. The lowest BCUT2D eigenvalue weighted by Crippen LogP contribution is -2.36. The molecule has 2 heterocycles. The number of imidazole rings is 1. The predicted molar refractivity (Wildman–Crippen MR) is 76.9 cm³/mol. The molecule has 19 heavy (non-hydrogen) atoms. The Morgan fingerprint density at radius 2 is 2.11 bits per heavy atom. The van der Waals surface area contributed by atoms with Crippen LogP contribution in [-0.2, 0) is 0 Å². The van der Waals surface area contributed by atoms with Crippen molar-refractivity contribution < 1.29 is 4.79 Å². The van der Waals surface area contributed by atoms with Crippen molar-refractivity contribution in [3.05, 3.63) is 22.5 Å². The normalized spacial score (nSPS) is 16.9. The van der Waals surface area contributed by atoms with Crippen molar-refractivity contribution in [3.63, 3.8) is 0 Å². The van der Waals surface area contributed by atoms with E-state index in [1.54, 1.807) is 0 Å². The highest BCUT2D eigenvalue weighted by Crippen LogP contribution is 2.24. The molecule has 1 amide bonds. The highest BCUT2D eigenvalue weighted by Gasteiger charge is 2.21. The summed E-state index contributed by atoms with van der Waals surface area (Å²) >= 11 is 1.48. The van der Waals surface area contributed by atoms with Crippen LogP contribution in [0.15, 0.2) is 6.20 Å². The van der Waals surface area contributed by atoms with Gasteiger partial charge in [-0.2, -0.15) is 0 Å². The van der Waals surface area contributed by atoms with Gasteiger partial charge < -0.3 is 5.32 Å². The maximum atomic E-state index is 12.3. The first-order valence-electron chi connectivity index (χ1n) is 6.91. The van der Waals surface area contributed by atoms with E-state index in [4.69, 9.17) is 0 Å². The fourth-order valence-corrected chi connectivity index (χ4v) is 3.83. The van der Waals surface area contributed by atoms with Crippen LogP contribution < -0.4 is 5.32 Å². The lowest BCUT2D eigenvalue weighted by Gasteiger charge is -2.22. The van der Waals surface area contributed by atoms with Gasteiger partial charge in [0.25, 0.3) is 5.91 Å². The molecule has 1 saturated carbocycles. The molecule has 1 N–H and O–H groups in total. The molecular formula is C14H19N3OS. The number of hydrogen-bond donors (Lipinski definition) is 1. The van der Waals surface area contributed by atoms with Crippen molar-refractivity contribution in [2.45, 2.75) is 52.0 Å². The largest absolute Gasteiger partial charge is 0.349 e. The number of nitrogens with one attached hydrogen (secondary N) is 1. The Labute approximate surface area is 116 Å². The van der Waals surface area contributed by atoms with Gasteiger partial charge in [-0.05, 0) is 26.7 Å². The average molecular weight is 277 g/mol. The maximum absolute atomic E-state index is 12.3. The Morgan fingerprint density at radius 1 is 1.37 bits per heavy atom. The molecule has 102 valence electrons. The van der Waals surface area contributed by atoms with E-state index in [9.17, 15) is 4.79 Å². The first kappa shape index (κ1) is 12.7. The maximum Gasteiger partial charge on any atom is 0.263 e. The van der Waals surface area contributed by atoms with Crippen molar-refractivity contribution in [2.75, 3.05) is 0 Å². The van der Waals surface area contributed by atoms with Gasteiger partial charge in [-0.15, -0.1) is 0 Å². The zero-order chi connectivity index (χ0) is 13.4. The number of rotatable bonds is 2. The fraction of sp³-hybridized carbons (Fsp3) is 0.571. The Kier molecular flexibility index (Phi) is 3.31. The third-order valence-electron chi connectivity index (χ3n) is 3.82. The number of amides is 1. The number of aryl methyl sites for hydroxylation is 2. The van der Waals surface area contributed by atoms with Gasteiger partial charge in [0.1, 0.15) is 4.88 Å². The Morgan fingerprint density at radius 3 is 2.79 bits per heavy atom. The van der Waals surface area contributed by atoms with Crippen molar-refractivity contribution in [1.29, 1.82) is 0 Å². The third kappa shape index (κ3) is 2.39. The van der Waals surface area contributed by atoms with Gasteiger partial charge in [0.15, 0.2) is 4.96 Å². The second-order valence-electron chi connectivity index (χ2n) is 5.36. The summed E-state index contributed by atoms with van der Waals surface area (Å²) in [4.78, 5) is 18.5. The number of thiazole rings is 1. The van der Waals surface area contributed by atoms with E-state index >= 15 is 0 Å². The van der Waals surface area contributed by atoms with Gasteiger partial charge in [0.05, 0.1) is 5.69 Å². The zero-order valence-corrected chi connectivity index (χ0v) is 12.2. The van der Waals surface area contributed by atoms with E-state index in [1.807, 2.05) is 24.4 Å². The monoisotopic (exact) mass is 277 g/mol. The number of carbonyl (C=O) groups excluding carboxylic acids is 1. The van der Waals surface area contributed by atoms with E-state index in [1.165, 1.54) is 30.6 Å². The van der Waals surface area contributed by atoms with E-state index < -0.39 is 0 Å². The van der Waals surface area contributed by atoms with Crippen LogP contribution in [0.1, 0.15) is 53.2 Å². The molecule has 4 nitrogen and oxygen atoms in total. The standard InChI is InChI=1S/C14H19N3OS/c1-9-8-17-10(2)12(19-14(17)15-9)13(18)16-11-6-4-3-5-7-11/h8,11H,3-7H2,1-2H3,(H,16,18). The van der Waals surface area contributed by atoms with Crippen LogP contribution in [0.3, 0.4) is 0 Å². The molecular weight excluding hydrogens is 258 g/mol. The molecule has 3 rings (SSSR count). The number of fused-ring (bicyclic) bond motifs is 1. The smallest absolute Gasteiger partial charge is 0.263 e. The van der Waals surface area contributed by atoms with Crippen LogP contribution in [0.5, 0.6) is 0 Å². The Balaban J connectivity index is 1.80. The van der Waals surface area contributed by atoms with E-state index in [0.717, 1.165) is 34.1 Å². The van der Waals surface area contributed by atoms with Gasteiger partial charge >= 0.3 is 0 Å². The fourth-order valence-electron chi connectivity index (χ4n) is 2.77. The van der Waals surface area contributed by atoms with E-state index in [-0.39, 0.29) is 5.91 Å². The first-order chi connectivity index (χ1) is 9.15. The van der Waals surface area contributed by atoms with Crippen molar-refractivity contribution in [3.8, 4) is 0 Å². The number of carbonyl (C=O) groups is 1. The van der Waals surface area contributed by atoms with Crippen LogP contribution in [0.25, 0.3) is 4.96 Å². The quantitative estimate of drug-likeness (QED) is 0.917. The second kappa shape index (κ2) is 4.96. The topological polar surface area (TPSA) is 46.4 Å². The molecule has 0 aromatic carbocycles. The molecule has 5 heteroatoms. The van der Waals surface area contributed by atoms with Gasteiger partial charge in [0.2, 0.25) is 0 Å². The summed E-state index contributed by atoms with van der Waals surface area (Å²) in [5.74, 6) is 0.0672. The number of hydrogen-bond acceptors (Lipinski definition) is 3. The highest BCUT2D eigenvalue weighted by molar-refractivity contribution is 7.19. The third-order valence-corrected chi connectivity index (χ3v) is 4.98. The minimum atomic E-state index is 0.0672. The summed E-state index contributed by atoms with van der Waals surface area (Å²) in [7, 11) is 0. The highest BCUT2D eigenvalue weighted by atomic mass is 32.1. The first-order valence-corrected chi connectivity index (χ1v) is 7.73. The molecule has 0 atom stereocenters. The molecule has 2 aromatic heterocycles. The summed E-state index contributed by atoms with van der Waals surface area (Å²) in [6.07, 6.45) is 7.99. The molecule has 1 aliphatic rings. The van der Waals surface area contributed by atoms with Gasteiger partial charge in [-0.25, -0.2) is 4.98 Å².